The highest BCUT2D eigenvalue weighted by atomic mass is 32.2. The van der Waals surface area contributed by atoms with E-state index in [1.165, 1.54) is 43.3 Å². The van der Waals surface area contributed by atoms with Gasteiger partial charge in [-0.05, 0) is 61.0 Å². The SMILES string of the molecule is Cc1ccc(NC(=O)Nc2cccc(C(F)(F)F)c2)cc1S(=O)(=O)Nc1cccc(F)c1. The Hall–Kier alpha value is -3.60. The number of carbonyl (C=O) groups excluding carboxylic acids is 1. The Morgan fingerprint density at radius 3 is 2.12 bits per heavy atom. The number of anilines is 3. The van der Waals surface area contributed by atoms with Crippen LogP contribution in [0.2, 0.25) is 0 Å². The van der Waals surface area contributed by atoms with Gasteiger partial charge in [-0.15, -0.1) is 0 Å². The molecule has 3 rings (SSSR count). The van der Waals surface area contributed by atoms with Crippen LogP contribution in [-0.4, -0.2) is 14.4 Å². The molecule has 0 atom stereocenters. The van der Waals surface area contributed by atoms with E-state index in [1.54, 1.807) is 0 Å². The number of hydrogen-bond donors (Lipinski definition) is 3. The van der Waals surface area contributed by atoms with Gasteiger partial charge >= 0.3 is 12.2 Å². The number of halogens is 4. The van der Waals surface area contributed by atoms with Crippen molar-refractivity contribution in [1.29, 1.82) is 0 Å². The van der Waals surface area contributed by atoms with Crippen molar-refractivity contribution < 1.29 is 30.8 Å². The Morgan fingerprint density at radius 1 is 0.844 bits per heavy atom. The summed E-state index contributed by atoms with van der Waals surface area (Å²) in [5.41, 5.74) is -0.560. The fourth-order valence-corrected chi connectivity index (χ4v) is 4.12. The van der Waals surface area contributed by atoms with Crippen molar-refractivity contribution in [3.8, 4) is 0 Å². The summed E-state index contributed by atoms with van der Waals surface area (Å²) in [7, 11) is -4.11. The number of sulfonamides is 1. The molecular formula is C21H17F4N3O3S. The summed E-state index contributed by atoms with van der Waals surface area (Å²) < 4.78 is 79.5. The van der Waals surface area contributed by atoms with E-state index in [1.807, 2.05) is 0 Å². The number of carbonyl (C=O) groups is 1. The number of nitrogens with one attached hydrogen (secondary N) is 3. The maximum Gasteiger partial charge on any atom is 0.416 e. The lowest BCUT2D eigenvalue weighted by Gasteiger charge is -2.14. The van der Waals surface area contributed by atoms with Crippen molar-refractivity contribution in [2.24, 2.45) is 0 Å². The van der Waals surface area contributed by atoms with E-state index in [0.29, 0.717) is 5.56 Å². The third kappa shape index (κ3) is 5.76. The van der Waals surface area contributed by atoms with Crippen LogP contribution in [0.4, 0.5) is 39.4 Å². The van der Waals surface area contributed by atoms with Gasteiger partial charge in [-0.3, -0.25) is 4.72 Å². The Bertz CT molecular complexity index is 1260. The lowest BCUT2D eigenvalue weighted by Crippen LogP contribution is -2.20. The summed E-state index contributed by atoms with van der Waals surface area (Å²) in [4.78, 5) is 12.0. The van der Waals surface area contributed by atoms with Crippen LogP contribution in [0.5, 0.6) is 0 Å². The van der Waals surface area contributed by atoms with E-state index in [9.17, 15) is 30.8 Å². The van der Waals surface area contributed by atoms with E-state index in [-0.39, 0.29) is 22.0 Å². The van der Waals surface area contributed by atoms with E-state index in [2.05, 4.69) is 15.4 Å². The van der Waals surface area contributed by atoms with Gasteiger partial charge < -0.3 is 10.6 Å². The molecule has 0 aliphatic rings. The fraction of sp³-hybridized carbons (Fsp3) is 0.0952. The highest BCUT2D eigenvalue weighted by Crippen LogP contribution is 2.30. The Morgan fingerprint density at radius 2 is 1.47 bits per heavy atom. The van der Waals surface area contributed by atoms with Gasteiger partial charge in [0, 0.05) is 11.4 Å². The first-order chi connectivity index (χ1) is 14.9. The van der Waals surface area contributed by atoms with Crippen LogP contribution in [0, 0.1) is 12.7 Å². The quantitative estimate of drug-likeness (QED) is 0.427. The molecule has 2 amide bonds. The molecule has 0 bridgehead atoms. The zero-order chi connectivity index (χ0) is 23.5. The van der Waals surface area contributed by atoms with Gasteiger partial charge in [0.1, 0.15) is 5.82 Å². The van der Waals surface area contributed by atoms with Gasteiger partial charge in [0.15, 0.2) is 0 Å². The molecule has 0 spiro atoms. The monoisotopic (exact) mass is 467 g/mol. The van der Waals surface area contributed by atoms with Crippen LogP contribution >= 0.6 is 0 Å². The molecule has 0 heterocycles. The molecule has 0 aromatic heterocycles. The molecule has 32 heavy (non-hydrogen) atoms. The molecule has 0 unspecified atom stereocenters. The maximum absolute atomic E-state index is 13.3. The molecular weight excluding hydrogens is 450 g/mol. The average Bonchev–Trinajstić information content (AvgIpc) is 2.68. The van der Waals surface area contributed by atoms with Gasteiger partial charge in [-0.2, -0.15) is 13.2 Å². The predicted octanol–water partition coefficient (Wildman–Crippen LogP) is 5.60. The number of aryl methyl sites for hydroxylation is 1. The van der Waals surface area contributed by atoms with Crippen LogP contribution < -0.4 is 15.4 Å². The molecule has 0 radical (unpaired) electrons. The van der Waals surface area contributed by atoms with E-state index in [0.717, 1.165) is 30.3 Å². The second-order valence-corrected chi connectivity index (χ2v) is 8.40. The molecule has 0 aliphatic heterocycles. The summed E-state index contributed by atoms with van der Waals surface area (Å²) in [6.45, 7) is 1.53. The zero-order valence-electron chi connectivity index (χ0n) is 16.5. The highest BCUT2D eigenvalue weighted by Gasteiger charge is 2.30. The lowest BCUT2D eigenvalue weighted by atomic mass is 10.2. The molecule has 0 aliphatic carbocycles. The summed E-state index contributed by atoms with van der Waals surface area (Å²) in [5.74, 6) is -0.622. The van der Waals surface area contributed by atoms with Gasteiger partial charge in [0.25, 0.3) is 10.0 Å². The van der Waals surface area contributed by atoms with E-state index < -0.39 is 33.6 Å². The first-order valence-electron chi connectivity index (χ1n) is 9.08. The third-order valence-electron chi connectivity index (χ3n) is 4.26. The molecule has 0 saturated carbocycles. The second-order valence-electron chi connectivity index (χ2n) is 6.75. The highest BCUT2D eigenvalue weighted by molar-refractivity contribution is 7.92. The number of rotatable bonds is 5. The first-order valence-corrected chi connectivity index (χ1v) is 10.6. The van der Waals surface area contributed by atoms with Crippen molar-refractivity contribution in [3.05, 3.63) is 83.7 Å². The van der Waals surface area contributed by atoms with Gasteiger partial charge in [-0.25, -0.2) is 17.6 Å². The molecule has 3 aromatic carbocycles. The summed E-state index contributed by atoms with van der Waals surface area (Å²) in [5, 5.41) is 4.64. The number of alkyl halides is 3. The van der Waals surface area contributed by atoms with E-state index in [4.69, 9.17) is 0 Å². The topological polar surface area (TPSA) is 87.3 Å². The van der Waals surface area contributed by atoms with Crippen molar-refractivity contribution >= 4 is 33.1 Å². The summed E-state index contributed by atoms with van der Waals surface area (Å²) in [6, 6.07) is 12.2. The zero-order valence-corrected chi connectivity index (χ0v) is 17.3. The minimum Gasteiger partial charge on any atom is -0.308 e. The van der Waals surface area contributed by atoms with E-state index >= 15 is 0 Å². The molecule has 168 valence electrons. The van der Waals surface area contributed by atoms with Gasteiger partial charge in [0.2, 0.25) is 0 Å². The van der Waals surface area contributed by atoms with Gasteiger partial charge in [0.05, 0.1) is 16.1 Å². The van der Waals surface area contributed by atoms with Crippen molar-refractivity contribution in [3.63, 3.8) is 0 Å². The number of amides is 2. The predicted molar refractivity (Wildman–Crippen MR) is 112 cm³/mol. The standard InChI is InChI=1S/C21H17F4N3O3S/c1-13-8-9-17(12-19(13)32(30,31)28-18-7-3-5-15(22)11-18)27-20(29)26-16-6-2-4-14(10-16)21(23,24)25/h2-12,28H,1H3,(H2,26,27,29). The van der Waals surface area contributed by atoms with Crippen LogP contribution in [0.1, 0.15) is 11.1 Å². The van der Waals surface area contributed by atoms with Crippen molar-refractivity contribution in [1.82, 2.24) is 0 Å². The molecule has 0 fully saturated rings. The Kier molecular flexibility index (Phi) is 6.40. The van der Waals surface area contributed by atoms with Crippen LogP contribution in [-0.2, 0) is 16.2 Å². The third-order valence-corrected chi connectivity index (χ3v) is 5.78. The largest absolute Gasteiger partial charge is 0.416 e. The molecule has 3 aromatic rings. The first kappa shape index (κ1) is 23.1. The summed E-state index contributed by atoms with van der Waals surface area (Å²) >= 11 is 0. The lowest BCUT2D eigenvalue weighted by molar-refractivity contribution is -0.137. The molecule has 11 heteroatoms. The van der Waals surface area contributed by atoms with Crippen LogP contribution in [0.15, 0.2) is 71.6 Å². The molecule has 0 saturated heterocycles. The fourth-order valence-electron chi connectivity index (χ4n) is 2.80. The molecule has 3 N–H and O–H groups in total. The van der Waals surface area contributed by atoms with Crippen molar-refractivity contribution in [2.45, 2.75) is 18.0 Å². The molecule has 6 nitrogen and oxygen atoms in total. The second kappa shape index (κ2) is 8.87. The van der Waals surface area contributed by atoms with Crippen molar-refractivity contribution in [2.75, 3.05) is 15.4 Å². The average molecular weight is 467 g/mol. The Labute approximate surface area is 181 Å². The Balaban J connectivity index is 1.77. The van der Waals surface area contributed by atoms with Crippen LogP contribution in [0.3, 0.4) is 0 Å². The number of urea groups is 1. The number of hydrogen-bond acceptors (Lipinski definition) is 3. The minimum atomic E-state index is -4.57. The maximum atomic E-state index is 13.3. The van der Waals surface area contributed by atoms with Crippen LogP contribution in [0.25, 0.3) is 0 Å². The summed E-state index contributed by atoms with van der Waals surface area (Å²) in [6.07, 6.45) is -4.57. The smallest absolute Gasteiger partial charge is 0.308 e. The number of benzene rings is 3. The minimum absolute atomic E-state index is 0.0186. The van der Waals surface area contributed by atoms with Gasteiger partial charge in [-0.1, -0.05) is 18.2 Å². The normalized spacial score (nSPS) is 11.7.